The summed E-state index contributed by atoms with van der Waals surface area (Å²) in [5, 5.41) is 0.191. The van der Waals surface area contributed by atoms with Crippen molar-refractivity contribution in [2.24, 2.45) is 5.92 Å². The molecule has 2 atom stereocenters. The van der Waals surface area contributed by atoms with Gasteiger partial charge in [0.05, 0.1) is 0 Å². The summed E-state index contributed by atoms with van der Waals surface area (Å²) in [7, 11) is 0. The van der Waals surface area contributed by atoms with Gasteiger partial charge < -0.3 is 9.64 Å². The lowest BCUT2D eigenvalue weighted by atomic mass is 10.0. The zero-order chi connectivity index (χ0) is 15.2. The van der Waals surface area contributed by atoms with E-state index in [4.69, 9.17) is 4.74 Å². The summed E-state index contributed by atoms with van der Waals surface area (Å²) < 4.78 is 5.33. The molecule has 0 aromatic heterocycles. The molecule has 1 heterocycles. The number of amides is 1. The summed E-state index contributed by atoms with van der Waals surface area (Å²) in [6, 6.07) is 9.60. The SMILES string of the molecule is CCS[C@@H]1CN(C(=O)OCc2ccccc2)CC1C(C)=O. The Labute approximate surface area is 129 Å². The van der Waals surface area contributed by atoms with E-state index in [-0.39, 0.29) is 29.7 Å². The van der Waals surface area contributed by atoms with Gasteiger partial charge in [0.1, 0.15) is 12.4 Å². The molecule has 4 nitrogen and oxygen atoms in total. The van der Waals surface area contributed by atoms with Crippen molar-refractivity contribution in [3.63, 3.8) is 0 Å². The molecule has 1 aromatic carbocycles. The van der Waals surface area contributed by atoms with Gasteiger partial charge in [0.2, 0.25) is 0 Å². The fourth-order valence-electron chi connectivity index (χ4n) is 2.51. The smallest absolute Gasteiger partial charge is 0.410 e. The molecule has 0 spiro atoms. The minimum atomic E-state index is -0.329. The Kier molecular flexibility index (Phi) is 5.67. The van der Waals surface area contributed by atoms with Gasteiger partial charge in [0.25, 0.3) is 0 Å². The van der Waals surface area contributed by atoms with Crippen molar-refractivity contribution in [1.82, 2.24) is 4.90 Å². The minimum absolute atomic E-state index is 0.0702. The molecule has 1 aliphatic rings. The molecule has 0 aliphatic carbocycles. The summed E-state index contributed by atoms with van der Waals surface area (Å²) in [6.45, 7) is 5.01. The number of nitrogens with zero attached hydrogens (tertiary/aromatic N) is 1. The number of likely N-dealkylation sites (tertiary alicyclic amines) is 1. The van der Waals surface area contributed by atoms with E-state index in [2.05, 4.69) is 6.92 Å². The summed E-state index contributed by atoms with van der Waals surface area (Å²) in [6.07, 6.45) is -0.329. The standard InChI is InChI=1S/C16H21NO3S/c1-3-21-15-10-17(9-14(15)12(2)18)16(19)20-11-13-7-5-4-6-8-13/h4-8,14-15H,3,9-11H2,1-2H3/t14?,15-/m1/s1. The van der Waals surface area contributed by atoms with Gasteiger partial charge in [-0.2, -0.15) is 11.8 Å². The summed E-state index contributed by atoms with van der Waals surface area (Å²) in [4.78, 5) is 25.5. The van der Waals surface area contributed by atoms with E-state index in [0.717, 1.165) is 11.3 Å². The molecular weight excluding hydrogens is 286 g/mol. The molecule has 0 bridgehead atoms. The topological polar surface area (TPSA) is 46.6 Å². The van der Waals surface area contributed by atoms with E-state index < -0.39 is 0 Å². The van der Waals surface area contributed by atoms with Gasteiger partial charge in [0.15, 0.2) is 0 Å². The second-order valence-corrected chi connectivity index (χ2v) is 6.67. The average molecular weight is 307 g/mol. The average Bonchev–Trinajstić information content (AvgIpc) is 2.90. The van der Waals surface area contributed by atoms with Crippen LogP contribution in [-0.2, 0) is 16.1 Å². The quantitative estimate of drug-likeness (QED) is 0.839. The van der Waals surface area contributed by atoms with Crippen LogP contribution >= 0.6 is 11.8 Å². The van der Waals surface area contributed by atoms with E-state index >= 15 is 0 Å². The lowest BCUT2D eigenvalue weighted by Gasteiger charge is -2.16. The molecule has 0 radical (unpaired) electrons. The maximum absolute atomic E-state index is 12.1. The van der Waals surface area contributed by atoms with Crippen LogP contribution in [0.5, 0.6) is 0 Å². The van der Waals surface area contributed by atoms with Crippen molar-refractivity contribution in [1.29, 1.82) is 0 Å². The lowest BCUT2D eigenvalue weighted by molar-refractivity contribution is -0.120. The number of carbonyl (C=O) groups excluding carboxylic acids is 2. The highest BCUT2D eigenvalue weighted by Crippen LogP contribution is 2.29. The van der Waals surface area contributed by atoms with Crippen LogP contribution in [0, 0.1) is 5.92 Å². The predicted molar refractivity (Wildman–Crippen MR) is 84.3 cm³/mol. The van der Waals surface area contributed by atoms with Crippen molar-refractivity contribution in [3.8, 4) is 0 Å². The number of Topliss-reactive ketones (excluding diaryl/α,β-unsaturated/α-hetero) is 1. The largest absolute Gasteiger partial charge is 0.445 e. The van der Waals surface area contributed by atoms with Gasteiger partial charge in [-0.15, -0.1) is 0 Å². The van der Waals surface area contributed by atoms with Crippen molar-refractivity contribution >= 4 is 23.6 Å². The van der Waals surface area contributed by atoms with Gasteiger partial charge in [-0.05, 0) is 18.2 Å². The Morgan fingerprint density at radius 3 is 2.62 bits per heavy atom. The van der Waals surface area contributed by atoms with Crippen LogP contribution in [0.25, 0.3) is 0 Å². The van der Waals surface area contributed by atoms with E-state index in [1.165, 1.54) is 0 Å². The maximum Gasteiger partial charge on any atom is 0.410 e. The molecule has 21 heavy (non-hydrogen) atoms. The summed E-state index contributed by atoms with van der Waals surface area (Å²) >= 11 is 1.74. The van der Waals surface area contributed by atoms with Crippen LogP contribution in [0.2, 0.25) is 0 Å². The number of rotatable bonds is 5. The van der Waals surface area contributed by atoms with Crippen molar-refractivity contribution in [2.75, 3.05) is 18.8 Å². The second kappa shape index (κ2) is 7.50. The zero-order valence-corrected chi connectivity index (χ0v) is 13.3. The van der Waals surface area contributed by atoms with Crippen molar-refractivity contribution < 1.29 is 14.3 Å². The fraction of sp³-hybridized carbons (Fsp3) is 0.500. The Hall–Kier alpha value is -1.49. The number of ketones is 1. The van der Waals surface area contributed by atoms with Gasteiger partial charge in [-0.1, -0.05) is 37.3 Å². The molecule has 0 saturated carbocycles. The maximum atomic E-state index is 12.1. The first-order chi connectivity index (χ1) is 10.1. The van der Waals surface area contributed by atoms with E-state index in [0.29, 0.717) is 13.1 Å². The number of hydrogen-bond acceptors (Lipinski definition) is 4. The summed E-state index contributed by atoms with van der Waals surface area (Å²) in [5.74, 6) is 1.03. The highest BCUT2D eigenvalue weighted by Gasteiger charge is 2.38. The minimum Gasteiger partial charge on any atom is -0.445 e. The van der Waals surface area contributed by atoms with Crippen LogP contribution in [0.1, 0.15) is 19.4 Å². The third kappa shape index (κ3) is 4.24. The zero-order valence-electron chi connectivity index (χ0n) is 12.5. The third-order valence-corrected chi connectivity index (χ3v) is 4.87. The molecule has 1 aromatic rings. The Balaban J connectivity index is 1.89. The van der Waals surface area contributed by atoms with Gasteiger partial charge in [0, 0.05) is 24.3 Å². The van der Waals surface area contributed by atoms with E-state index in [1.54, 1.807) is 23.6 Å². The lowest BCUT2D eigenvalue weighted by Crippen LogP contribution is -2.30. The van der Waals surface area contributed by atoms with E-state index in [9.17, 15) is 9.59 Å². The normalized spacial score (nSPS) is 21.3. The van der Waals surface area contributed by atoms with E-state index in [1.807, 2.05) is 30.3 Å². The molecule has 0 N–H and O–H groups in total. The van der Waals surface area contributed by atoms with Gasteiger partial charge >= 0.3 is 6.09 Å². The predicted octanol–water partition coefficient (Wildman–Crippen LogP) is 2.97. The first-order valence-electron chi connectivity index (χ1n) is 7.19. The monoisotopic (exact) mass is 307 g/mol. The fourth-order valence-corrected chi connectivity index (χ4v) is 3.73. The first kappa shape index (κ1) is 15.9. The first-order valence-corrected chi connectivity index (χ1v) is 8.24. The third-order valence-electron chi connectivity index (χ3n) is 3.63. The highest BCUT2D eigenvalue weighted by molar-refractivity contribution is 7.99. The summed E-state index contributed by atoms with van der Waals surface area (Å²) in [5.41, 5.74) is 0.965. The van der Waals surface area contributed by atoms with Crippen molar-refractivity contribution in [3.05, 3.63) is 35.9 Å². The second-order valence-electron chi connectivity index (χ2n) is 5.16. The molecule has 5 heteroatoms. The number of benzene rings is 1. The molecule has 1 aliphatic heterocycles. The number of hydrogen-bond donors (Lipinski definition) is 0. The van der Waals surface area contributed by atoms with Gasteiger partial charge in [-0.25, -0.2) is 4.79 Å². The van der Waals surface area contributed by atoms with Crippen LogP contribution in [0.4, 0.5) is 4.79 Å². The molecule has 1 unspecified atom stereocenters. The van der Waals surface area contributed by atoms with Crippen LogP contribution in [0.3, 0.4) is 0 Å². The molecule has 1 fully saturated rings. The number of carbonyl (C=O) groups is 2. The van der Waals surface area contributed by atoms with Crippen LogP contribution in [0.15, 0.2) is 30.3 Å². The van der Waals surface area contributed by atoms with Gasteiger partial charge in [-0.3, -0.25) is 4.79 Å². The molecular formula is C16H21NO3S. The molecule has 1 amide bonds. The number of ether oxygens (including phenoxy) is 1. The number of thioether (sulfide) groups is 1. The molecule has 1 saturated heterocycles. The molecule has 2 rings (SSSR count). The Morgan fingerprint density at radius 1 is 1.29 bits per heavy atom. The highest BCUT2D eigenvalue weighted by atomic mass is 32.2. The Bertz CT molecular complexity index is 492. The molecule has 114 valence electrons. The van der Waals surface area contributed by atoms with Crippen molar-refractivity contribution in [2.45, 2.75) is 25.7 Å². The van der Waals surface area contributed by atoms with Crippen LogP contribution < -0.4 is 0 Å². The van der Waals surface area contributed by atoms with Crippen LogP contribution in [-0.4, -0.2) is 40.9 Å². The Morgan fingerprint density at radius 2 is 2.00 bits per heavy atom.